The summed E-state index contributed by atoms with van der Waals surface area (Å²) >= 11 is 0. The van der Waals surface area contributed by atoms with Crippen LogP contribution in [0.3, 0.4) is 0 Å². The van der Waals surface area contributed by atoms with Crippen molar-refractivity contribution in [1.29, 1.82) is 0 Å². The van der Waals surface area contributed by atoms with Crippen molar-refractivity contribution in [1.82, 2.24) is 0 Å². The normalized spacial score (nSPS) is 12.3. The summed E-state index contributed by atoms with van der Waals surface area (Å²) in [5.41, 5.74) is 0.876. The van der Waals surface area contributed by atoms with Gasteiger partial charge in [0.25, 0.3) is 0 Å². The van der Waals surface area contributed by atoms with Gasteiger partial charge in [-0.3, -0.25) is 0 Å². The minimum Gasteiger partial charge on any atom is -0.542 e. The van der Waals surface area contributed by atoms with Gasteiger partial charge in [0, 0.05) is 6.08 Å². The first kappa shape index (κ1) is 18.5. The SMILES string of the molecule is COc1ccc(/C=C/C(=O)O[Si](C)(C)C)cc1O[Si](C)(C)C. The van der Waals surface area contributed by atoms with Gasteiger partial charge in [0.1, 0.15) is 5.75 Å². The predicted molar refractivity (Wildman–Crippen MR) is 95.4 cm³/mol. The van der Waals surface area contributed by atoms with Crippen LogP contribution in [-0.2, 0) is 9.22 Å². The zero-order valence-electron chi connectivity index (χ0n) is 14.5. The van der Waals surface area contributed by atoms with Gasteiger partial charge in [0.05, 0.1) is 7.11 Å². The second kappa shape index (κ2) is 7.15. The van der Waals surface area contributed by atoms with Crippen LogP contribution in [-0.4, -0.2) is 29.7 Å². The highest BCUT2D eigenvalue weighted by atomic mass is 28.4. The summed E-state index contributed by atoms with van der Waals surface area (Å²) in [6.07, 6.45) is 3.19. The lowest BCUT2D eigenvalue weighted by Crippen LogP contribution is -2.29. The fraction of sp³-hybridized carbons (Fsp3) is 0.438. The van der Waals surface area contributed by atoms with Crippen molar-refractivity contribution in [2.45, 2.75) is 39.3 Å². The third kappa shape index (κ3) is 6.95. The molecule has 4 nitrogen and oxygen atoms in total. The Kier molecular flexibility index (Phi) is 6.02. The lowest BCUT2D eigenvalue weighted by atomic mass is 10.2. The van der Waals surface area contributed by atoms with Gasteiger partial charge in [-0.2, -0.15) is 0 Å². The molecule has 0 saturated carbocycles. The molecule has 0 radical (unpaired) electrons. The van der Waals surface area contributed by atoms with Gasteiger partial charge in [-0.25, -0.2) is 4.79 Å². The van der Waals surface area contributed by atoms with E-state index in [-0.39, 0.29) is 5.97 Å². The van der Waals surface area contributed by atoms with E-state index in [4.69, 9.17) is 13.6 Å². The predicted octanol–water partition coefficient (Wildman–Crippen LogP) is 4.30. The molecule has 0 unspecified atom stereocenters. The average Bonchev–Trinajstić information content (AvgIpc) is 2.32. The smallest absolute Gasteiger partial charge is 0.317 e. The highest BCUT2D eigenvalue weighted by Crippen LogP contribution is 2.30. The van der Waals surface area contributed by atoms with Gasteiger partial charge >= 0.3 is 5.97 Å². The van der Waals surface area contributed by atoms with Gasteiger partial charge in [-0.15, -0.1) is 0 Å². The Balaban J connectivity index is 2.93. The van der Waals surface area contributed by atoms with Crippen molar-refractivity contribution in [3.8, 4) is 11.5 Å². The summed E-state index contributed by atoms with van der Waals surface area (Å²) in [6.45, 7) is 12.3. The molecule has 0 aliphatic carbocycles. The average molecular weight is 339 g/mol. The largest absolute Gasteiger partial charge is 0.542 e. The highest BCUT2D eigenvalue weighted by molar-refractivity contribution is 6.71. The maximum Gasteiger partial charge on any atom is 0.317 e. The maximum absolute atomic E-state index is 11.7. The number of methoxy groups -OCH3 is 1. The first-order valence-electron chi connectivity index (χ1n) is 7.28. The molecule has 1 aromatic carbocycles. The van der Waals surface area contributed by atoms with Crippen LogP contribution in [0.25, 0.3) is 6.08 Å². The molecule has 0 amide bonds. The van der Waals surface area contributed by atoms with Gasteiger partial charge in [0.2, 0.25) is 16.6 Å². The standard InChI is InChI=1S/C16H26O4Si2/c1-18-14-10-8-13(12-15(14)19-21(2,3)4)9-11-16(17)20-22(5,6)7/h8-12H,1-7H3/b11-9+. The first-order chi connectivity index (χ1) is 10.00. The minimum absolute atomic E-state index is 0.303. The topological polar surface area (TPSA) is 44.8 Å². The number of hydrogen-bond acceptors (Lipinski definition) is 4. The third-order valence-electron chi connectivity index (χ3n) is 2.42. The van der Waals surface area contributed by atoms with Crippen molar-refractivity contribution >= 4 is 28.7 Å². The van der Waals surface area contributed by atoms with Crippen LogP contribution in [0.1, 0.15) is 5.56 Å². The Morgan fingerprint density at radius 3 is 2.14 bits per heavy atom. The zero-order chi connectivity index (χ0) is 17.0. The van der Waals surface area contributed by atoms with E-state index in [1.165, 1.54) is 6.08 Å². The molecule has 0 heterocycles. The molecule has 1 aromatic rings. The second-order valence-corrected chi connectivity index (χ2v) is 15.8. The molecular weight excluding hydrogens is 312 g/mol. The quantitative estimate of drug-likeness (QED) is 0.573. The molecule has 0 atom stereocenters. The van der Waals surface area contributed by atoms with Crippen LogP contribution in [0.4, 0.5) is 0 Å². The molecule has 0 fully saturated rings. The molecular formula is C16H26O4Si2. The van der Waals surface area contributed by atoms with E-state index in [1.54, 1.807) is 13.2 Å². The Bertz CT molecular complexity index is 554. The lowest BCUT2D eigenvalue weighted by Gasteiger charge is -2.21. The van der Waals surface area contributed by atoms with E-state index in [0.717, 1.165) is 5.56 Å². The molecule has 0 aliphatic rings. The molecule has 0 aliphatic heterocycles. The van der Waals surface area contributed by atoms with Gasteiger partial charge in [-0.1, -0.05) is 6.07 Å². The van der Waals surface area contributed by atoms with Crippen LogP contribution in [0.2, 0.25) is 39.3 Å². The van der Waals surface area contributed by atoms with Crippen LogP contribution in [0.15, 0.2) is 24.3 Å². The molecule has 1 rings (SSSR count). The molecule has 22 heavy (non-hydrogen) atoms. The Hall–Kier alpha value is -1.54. The van der Waals surface area contributed by atoms with Crippen molar-refractivity contribution in [2.75, 3.05) is 7.11 Å². The number of ether oxygens (including phenoxy) is 1. The molecule has 0 N–H and O–H groups in total. The summed E-state index contributed by atoms with van der Waals surface area (Å²) < 4.78 is 16.7. The molecule has 6 heteroatoms. The fourth-order valence-electron chi connectivity index (χ4n) is 1.71. The van der Waals surface area contributed by atoms with Gasteiger partial charge < -0.3 is 13.6 Å². The first-order valence-corrected chi connectivity index (χ1v) is 14.1. The molecule has 0 saturated heterocycles. The van der Waals surface area contributed by atoms with Crippen molar-refractivity contribution in [2.24, 2.45) is 0 Å². The van der Waals surface area contributed by atoms with Crippen molar-refractivity contribution in [3.05, 3.63) is 29.8 Å². The van der Waals surface area contributed by atoms with E-state index in [1.807, 2.05) is 37.8 Å². The molecule has 0 aromatic heterocycles. The summed E-state index contributed by atoms with van der Waals surface area (Å²) in [4.78, 5) is 11.7. The summed E-state index contributed by atoms with van der Waals surface area (Å²) in [7, 11) is -1.97. The van der Waals surface area contributed by atoms with Crippen molar-refractivity contribution in [3.63, 3.8) is 0 Å². The fourth-order valence-corrected chi connectivity index (χ4v) is 3.20. The number of benzene rings is 1. The maximum atomic E-state index is 11.7. The molecule has 0 bridgehead atoms. The van der Waals surface area contributed by atoms with Crippen LogP contribution in [0, 0.1) is 0 Å². The monoisotopic (exact) mass is 338 g/mol. The van der Waals surface area contributed by atoms with E-state index >= 15 is 0 Å². The Morgan fingerprint density at radius 1 is 1.00 bits per heavy atom. The zero-order valence-corrected chi connectivity index (χ0v) is 16.5. The summed E-state index contributed by atoms with van der Waals surface area (Å²) in [5.74, 6) is 1.11. The minimum atomic E-state index is -1.86. The van der Waals surface area contributed by atoms with E-state index in [2.05, 4.69) is 19.6 Å². The van der Waals surface area contributed by atoms with Crippen LogP contribution >= 0.6 is 0 Å². The number of carbonyl (C=O) groups is 1. The Morgan fingerprint density at radius 2 is 1.64 bits per heavy atom. The van der Waals surface area contributed by atoms with Gasteiger partial charge in [-0.05, 0) is 63.1 Å². The number of carbonyl (C=O) groups excluding carboxylic acids is 1. The summed E-state index contributed by atoms with van der Waals surface area (Å²) in [6, 6.07) is 5.61. The van der Waals surface area contributed by atoms with Crippen LogP contribution < -0.4 is 9.16 Å². The van der Waals surface area contributed by atoms with E-state index < -0.39 is 16.6 Å². The Labute approximate surface area is 135 Å². The highest BCUT2D eigenvalue weighted by Gasteiger charge is 2.19. The van der Waals surface area contributed by atoms with Crippen LogP contribution in [0.5, 0.6) is 11.5 Å². The van der Waals surface area contributed by atoms with Gasteiger partial charge in [0.15, 0.2) is 5.75 Å². The van der Waals surface area contributed by atoms with E-state index in [0.29, 0.717) is 11.5 Å². The number of rotatable bonds is 6. The third-order valence-corrected chi connectivity index (χ3v) is 4.07. The number of hydrogen-bond donors (Lipinski definition) is 0. The van der Waals surface area contributed by atoms with Crippen molar-refractivity contribution < 1.29 is 18.4 Å². The molecule has 0 spiro atoms. The second-order valence-electron chi connectivity index (χ2n) is 6.99. The summed E-state index contributed by atoms with van der Waals surface area (Å²) in [5, 5.41) is 0. The van der Waals surface area contributed by atoms with E-state index in [9.17, 15) is 4.79 Å². The lowest BCUT2D eigenvalue weighted by molar-refractivity contribution is -0.129. The molecule has 122 valence electrons.